The number of likely N-dealkylation sites (tertiary alicyclic amines) is 1. The summed E-state index contributed by atoms with van der Waals surface area (Å²) >= 11 is 0. The SMILES string of the molecule is CCCC[C@@H](O)C(=O)N1[C@H](c2ccccc2)CCC[C@H]1c1ccccc1. The minimum Gasteiger partial charge on any atom is -0.383 e. The van der Waals surface area contributed by atoms with Crippen LogP contribution in [0, 0.1) is 0 Å². The van der Waals surface area contributed by atoms with Gasteiger partial charge in [0.25, 0.3) is 5.91 Å². The number of hydrogen-bond donors (Lipinski definition) is 1. The molecule has 1 aliphatic rings. The van der Waals surface area contributed by atoms with Crippen molar-refractivity contribution in [2.45, 2.75) is 63.6 Å². The molecule has 26 heavy (non-hydrogen) atoms. The topological polar surface area (TPSA) is 40.5 Å². The second-order valence-corrected chi connectivity index (χ2v) is 7.19. The molecule has 3 heteroatoms. The van der Waals surface area contributed by atoms with Gasteiger partial charge in [0.2, 0.25) is 0 Å². The number of piperidine rings is 1. The van der Waals surface area contributed by atoms with Crippen molar-refractivity contribution in [3.05, 3.63) is 71.8 Å². The lowest BCUT2D eigenvalue weighted by molar-refractivity contribution is -0.148. The van der Waals surface area contributed by atoms with E-state index < -0.39 is 6.10 Å². The van der Waals surface area contributed by atoms with Gasteiger partial charge >= 0.3 is 0 Å². The Morgan fingerprint density at radius 3 is 1.96 bits per heavy atom. The summed E-state index contributed by atoms with van der Waals surface area (Å²) in [7, 11) is 0. The number of aliphatic hydroxyl groups is 1. The van der Waals surface area contributed by atoms with E-state index in [0.29, 0.717) is 6.42 Å². The van der Waals surface area contributed by atoms with Crippen molar-refractivity contribution in [1.82, 2.24) is 4.90 Å². The molecule has 3 rings (SSSR count). The molecule has 0 aromatic heterocycles. The summed E-state index contributed by atoms with van der Waals surface area (Å²) < 4.78 is 0. The van der Waals surface area contributed by atoms with Crippen LogP contribution in [0.2, 0.25) is 0 Å². The first-order chi connectivity index (χ1) is 12.7. The van der Waals surface area contributed by atoms with Gasteiger partial charge < -0.3 is 10.0 Å². The Hall–Kier alpha value is -2.13. The van der Waals surface area contributed by atoms with Crippen LogP contribution in [0.5, 0.6) is 0 Å². The van der Waals surface area contributed by atoms with Crippen LogP contribution in [0.15, 0.2) is 60.7 Å². The molecule has 1 heterocycles. The third-order valence-electron chi connectivity index (χ3n) is 5.37. The van der Waals surface area contributed by atoms with Crippen LogP contribution in [-0.2, 0) is 4.79 Å². The van der Waals surface area contributed by atoms with Gasteiger partial charge in [0.1, 0.15) is 6.10 Å². The molecule has 0 spiro atoms. The fraction of sp³-hybridized carbons (Fsp3) is 0.435. The molecule has 2 aromatic carbocycles. The van der Waals surface area contributed by atoms with Gasteiger partial charge in [-0.2, -0.15) is 0 Å². The Balaban J connectivity index is 1.94. The summed E-state index contributed by atoms with van der Waals surface area (Å²) in [6.07, 6.45) is 4.44. The lowest BCUT2D eigenvalue weighted by atomic mass is 9.87. The van der Waals surface area contributed by atoms with E-state index in [1.165, 1.54) is 0 Å². The highest BCUT2D eigenvalue weighted by atomic mass is 16.3. The molecule has 0 unspecified atom stereocenters. The van der Waals surface area contributed by atoms with Crippen molar-refractivity contribution >= 4 is 5.91 Å². The van der Waals surface area contributed by atoms with Crippen molar-refractivity contribution < 1.29 is 9.90 Å². The molecular formula is C23H29NO2. The molecule has 0 bridgehead atoms. The van der Waals surface area contributed by atoms with Crippen LogP contribution >= 0.6 is 0 Å². The first kappa shape index (κ1) is 18.7. The van der Waals surface area contributed by atoms with Crippen LogP contribution in [0.25, 0.3) is 0 Å². The van der Waals surface area contributed by atoms with Crippen molar-refractivity contribution in [3.8, 4) is 0 Å². The highest BCUT2D eigenvalue weighted by Gasteiger charge is 2.38. The van der Waals surface area contributed by atoms with Gasteiger partial charge in [0.05, 0.1) is 12.1 Å². The Bertz CT molecular complexity index is 638. The molecule has 1 saturated heterocycles. The molecule has 1 amide bonds. The van der Waals surface area contributed by atoms with E-state index in [1.807, 2.05) is 41.3 Å². The van der Waals surface area contributed by atoms with E-state index in [0.717, 1.165) is 43.2 Å². The van der Waals surface area contributed by atoms with Crippen LogP contribution in [0.3, 0.4) is 0 Å². The first-order valence-electron chi connectivity index (χ1n) is 9.82. The van der Waals surface area contributed by atoms with Crippen LogP contribution in [0.1, 0.15) is 68.7 Å². The highest BCUT2D eigenvalue weighted by molar-refractivity contribution is 5.81. The zero-order chi connectivity index (χ0) is 18.4. The second kappa shape index (κ2) is 9.00. The third kappa shape index (κ3) is 4.16. The van der Waals surface area contributed by atoms with Crippen molar-refractivity contribution in [2.75, 3.05) is 0 Å². The van der Waals surface area contributed by atoms with Crippen LogP contribution < -0.4 is 0 Å². The van der Waals surface area contributed by atoms with E-state index in [1.54, 1.807) is 0 Å². The molecule has 0 saturated carbocycles. The van der Waals surface area contributed by atoms with Gasteiger partial charge in [-0.05, 0) is 36.8 Å². The summed E-state index contributed by atoms with van der Waals surface area (Å²) in [5, 5.41) is 10.5. The van der Waals surface area contributed by atoms with E-state index in [4.69, 9.17) is 0 Å². The summed E-state index contributed by atoms with van der Waals surface area (Å²) in [6.45, 7) is 2.08. The average Bonchev–Trinajstić information content (AvgIpc) is 2.72. The zero-order valence-corrected chi connectivity index (χ0v) is 15.6. The second-order valence-electron chi connectivity index (χ2n) is 7.19. The van der Waals surface area contributed by atoms with E-state index in [9.17, 15) is 9.90 Å². The molecule has 3 nitrogen and oxygen atoms in total. The number of amides is 1. The standard InChI is InChI=1S/C23H29NO2/c1-2-3-17-22(25)23(26)24-20(18-11-6-4-7-12-18)15-10-16-21(24)19-13-8-5-9-14-19/h4-9,11-14,20-22,25H,2-3,10,15-17H2,1H3/t20-,21-,22+/m0/s1. The number of unbranched alkanes of at least 4 members (excludes halogenated alkanes) is 1. The van der Waals surface area contributed by atoms with Gasteiger partial charge in [-0.3, -0.25) is 4.79 Å². The summed E-state index contributed by atoms with van der Waals surface area (Å²) in [6, 6.07) is 20.5. The summed E-state index contributed by atoms with van der Waals surface area (Å²) in [5.41, 5.74) is 2.31. The maximum absolute atomic E-state index is 13.2. The number of benzene rings is 2. The normalized spacial score (nSPS) is 21.4. The van der Waals surface area contributed by atoms with E-state index in [-0.39, 0.29) is 18.0 Å². The Morgan fingerprint density at radius 1 is 1.00 bits per heavy atom. The number of hydrogen-bond acceptors (Lipinski definition) is 2. The molecule has 1 aliphatic heterocycles. The maximum atomic E-state index is 13.2. The molecule has 1 N–H and O–H groups in total. The minimum absolute atomic E-state index is 0.0268. The Labute approximate surface area is 156 Å². The monoisotopic (exact) mass is 351 g/mol. The summed E-state index contributed by atoms with van der Waals surface area (Å²) in [4.78, 5) is 15.2. The number of rotatable bonds is 6. The predicted octanol–water partition coefficient (Wildman–Crippen LogP) is 5.03. The Kier molecular flexibility index (Phi) is 6.45. The minimum atomic E-state index is -0.912. The molecule has 0 radical (unpaired) electrons. The van der Waals surface area contributed by atoms with E-state index >= 15 is 0 Å². The average molecular weight is 351 g/mol. The van der Waals surface area contributed by atoms with Gasteiger partial charge in [-0.1, -0.05) is 80.4 Å². The summed E-state index contributed by atoms with van der Waals surface area (Å²) in [5.74, 6) is -0.124. The van der Waals surface area contributed by atoms with Crippen LogP contribution in [0.4, 0.5) is 0 Å². The van der Waals surface area contributed by atoms with Gasteiger partial charge in [0, 0.05) is 0 Å². The maximum Gasteiger partial charge on any atom is 0.252 e. The lowest BCUT2D eigenvalue weighted by Gasteiger charge is -2.43. The lowest BCUT2D eigenvalue weighted by Crippen LogP contribution is -2.45. The first-order valence-corrected chi connectivity index (χ1v) is 9.82. The van der Waals surface area contributed by atoms with Gasteiger partial charge in [-0.15, -0.1) is 0 Å². The van der Waals surface area contributed by atoms with Crippen LogP contribution in [-0.4, -0.2) is 22.0 Å². The molecule has 2 aromatic rings. The van der Waals surface area contributed by atoms with Crippen molar-refractivity contribution in [3.63, 3.8) is 0 Å². The van der Waals surface area contributed by atoms with Crippen molar-refractivity contribution in [2.24, 2.45) is 0 Å². The quantitative estimate of drug-likeness (QED) is 0.793. The fourth-order valence-corrected chi connectivity index (χ4v) is 4.01. The number of nitrogens with zero attached hydrogens (tertiary/aromatic N) is 1. The molecular weight excluding hydrogens is 322 g/mol. The number of carbonyl (C=O) groups is 1. The largest absolute Gasteiger partial charge is 0.383 e. The van der Waals surface area contributed by atoms with E-state index in [2.05, 4.69) is 31.2 Å². The Morgan fingerprint density at radius 2 is 1.50 bits per heavy atom. The molecule has 0 aliphatic carbocycles. The highest BCUT2D eigenvalue weighted by Crippen LogP contribution is 2.42. The third-order valence-corrected chi connectivity index (χ3v) is 5.37. The smallest absolute Gasteiger partial charge is 0.252 e. The van der Waals surface area contributed by atoms with Gasteiger partial charge in [0.15, 0.2) is 0 Å². The molecule has 138 valence electrons. The van der Waals surface area contributed by atoms with Crippen molar-refractivity contribution in [1.29, 1.82) is 0 Å². The predicted molar refractivity (Wildman–Crippen MR) is 105 cm³/mol. The number of aliphatic hydroxyl groups excluding tert-OH is 1. The molecule has 1 fully saturated rings. The number of carbonyl (C=O) groups excluding carboxylic acids is 1. The van der Waals surface area contributed by atoms with Gasteiger partial charge in [-0.25, -0.2) is 0 Å². The zero-order valence-electron chi connectivity index (χ0n) is 15.6. The molecule has 3 atom stereocenters. The fourth-order valence-electron chi connectivity index (χ4n) is 4.01.